The zero-order chi connectivity index (χ0) is 14.6. The zero-order valence-corrected chi connectivity index (χ0v) is 10.0. The summed E-state index contributed by atoms with van der Waals surface area (Å²) in [6, 6.07) is 1.04. The quantitative estimate of drug-likeness (QED) is 0.805. The predicted molar refractivity (Wildman–Crippen MR) is 58.9 cm³/mol. The van der Waals surface area contributed by atoms with Gasteiger partial charge in [-0.2, -0.15) is 13.2 Å². The van der Waals surface area contributed by atoms with Gasteiger partial charge in [0.1, 0.15) is 6.04 Å². The third-order valence-electron chi connectivity index (χ3n) is 2.05. The fourth-order valence-electron chi connectivity index (χ4n) is 1.16. The molecular weight excluding hydrogens is 287 g/mol. The molecule has 1 amide bonds. The van der Waals surface area contributed by atoms with E-state index in [1.807, 2.05) is 0 Å². The van der Waals surface area contributed by atoms with E-state index < -0.39 is 36.3 Å². The van der Waals surface area contributed by atoms with Crippen LogP contribution in [0.1, 0.15) is 16.1 Å². The van der Waals surface area contributed by atoms with E-state index in [4.69, 9.17) is 5.11 Å². The van der Waals surface area contributed by atoms with Crippen molar-refractivity contribution >= 4 is 29.0 Å². The number of Topliss-reactive ketones (excluding diaryl/α,β-unsaturated/α-hetero) is 1. The molecule has 0 fully saturated rings. The van der Waals surface area contributed by atoms with E-state index in [0.717, 1.165) is 11.3 Å². The molecule has 9 heteroatoms. The van der Waals surface area contributed by atoms with E-state index in [9.17, 15) is 27.6 Å². The summed E-state index contributed by atoms with van der Waals surface area (Å²) in [5.41, 5.74) is 0. The maximum absolute atomic E-state index is 12.0. The van der Waals surface area contributed by atoms with Crippen molar-refractivity contribution in [3.8, 4) is 0 Å². The molecule has 1 heterocycles. The molecular formula is C10H8F3NO4S. The summed E-state index contributed by atoms with van der Waals surface area (Å²) in [6.45, 7) is 0. The van der Waals surface area contributed by atoms with Crippen LogP contribution in [0.15, 0.2) is 17.5 Å². The van der Waals surface area contributed by atoms with Crippen LogP contribution in [0.5, 0.6) is 0 Å². The van der Waals surface area contributed by atoms with Gasteiger partial charge in [0, 0.05) is 6.42 Å². The Bertz CT molecular complexity index is 483. The minimum atomic E-state index is -5.19. The number of nitrogens with one attached hydrogen (secondary N) is 1. The van der Waals surface area contributed by atoms with Crippen LogP contribution < -0.4 is 5.32 Å². The number of carbonyl (C=O) groups excluding carboxylic acids is 2. The van der Waals surface area contributed by atoms with Crippen LogP contribution in [-0.4, -0.2) is 35.0 Å². The second kappa shape index (κ2) is 5.83. The molecule has 1 aromatic heterocycles. The molecule has 1 aromatic rings. The molecule has 0 aromatic carbocycles. The maximum atomic E-state index is 12.0. The van der Waals surface area contributed by atoms with Crippen LogP contribution >= 0.6 is 11.3 Å². The number of ketones is 1. The van der Waals surface area contributed by atoms with Crippen molar-refractivity contribution in [3.05, 3.63) is 22.4 Å². The smallest absolute Gasteiger partial charge is 0.471 e. The number of rotatable bonds is 5. The van der Waals surface area contributed by atoms with Crippen LogP contribution in [0.2, 0.25) is 0 Å². The first-order valence-corrected chi connectivity index (χ1v) is 5.77. The third kappa shape index (κ3) is 4.36. The van der Waals surface area contributed by atoms with Crippen LogP contribution in [0.3, 0.4) is 0 Å². The van der Waals surface area contributed by atoms with E-state index in [2.05, 4.69) is 0 Å². The zero-order valence-electron chi connectivity index (χ0n) is 9.23. The molecule has 19 heavy (non-hydrogen) atoms. The standard InChI is InChI=1S/C10H8F3NO4S/c11-10(12,13)9(18)14-5(8(16)17)4-6(15)7-2-1-3-19-7/h1-3,5H,4H2,(H,14,18)(H,16,17). The highest BCUT2D eigenvalue weighted by Gasteiger charge is 2.41. The monoisotopic (exact) mass is 295 g/mol. The van der Waals surface area contributed by atoms with Crippen molar-refractivity contribution in [2.75, 3.05) is 0 Å². The Labute approximate surface area is 109 Å². The molecule has 104 valence electrons. The molecule has 0 bridgehead atoms. The highest BCUT2D eigenvalue weighted by Crippen LogP contribution is 2.16. The van der Waals surface area contributed by atoms with Crippen molar-refractivity contribution in [1.82, 2.24) is 5.32 Å². The number of carboxylic acids is 1. The van der Waals surface area contributed by atoms with Crippen molar-refractivity contribution in [2.24, 2.45) is 0 Å². The SMILES string of the molecule is O=C(CC(NC(=O)C(F)(F)F)C(=O)O)c1cccs1. The molecule has 0 radical (unpaired) electrons. The van der Waals surface area contributed by atoms with Gasteiger partial charge < -0.3 is 10.4 Å². The number of hydrogen-bond donors (Lipinski definition) is 2. The molecule has 0 spiro atoms. The van der Waals surface area contributed by atoms with Crippen molar-refractivity contribution in [1.29, 1.82) is 0 Å². The summed E-state index contributed by atoms with van der Waals surface area (Å²) >= 11 is 1.03. The topological polar surface area (TPSA) is 83.5 Å². The van der Waals surface area contributed by atoms with Crippen LogP contribution in [0.25, 0.3) is 0 Å². The molecule has 5 nitrogen and oxygen atoms in total. The Hall–Kier alpha value is -1.90. The van der Waals surface area contributed by atoms with E-state index >= 15 is 0 Å². The first kappa shape index (κ1) is 15.2. The largest absolute Gasteiger partial charge is 0.480 e. The Balaban J connectivity index is 2.72. The summed E-state index contributed by atoms with van der Waals surface area (Å²) in [4.78, 5) is 33.2. The molecule has 0 saturated heterocycles. The Morgan fingerprint density at radius 2 is 2.00 bits per heavy atom. The van der Waals surface area contributed by atoms with Gasteiger partial charge in [-0.05, 0) is 11.4 Å². The van der Waals surface area contributed by atoms with Gasteiger partial charge in [0.05, 0.1) is 4.88 Å². The first-order chi connectivity index (χ1) is 8.71. The third-order valence-corrected chi connectivity index (χ3v) is 2.96. The average molecular weight is 295 g/mol. The van der Waals surface area contributed by atoms with Crippen LogP contribution in [-0.2, 0) is 9.59 Å². The Morgan fingerprint density at radius 1 is 1.37 bits per heavy atom. The van der Waals surface area contributed by atoms with Gasteiger partial charge in [-0.3, -0.25) is 9.59 Å². The summed E-state index contributed by atoms with van der Waals surface area (Å²) < 4.78 is 36.0. The molecule has 1 unspecified atom stereocenters. The number of alkyl halides is 3. The molecule has 0 aliphatic heterocycles. The van der Waals surface area contributed by atoms with Crippen molar-refractivity contribution < 1.29 is 32.7 Å². The van der Waals surface area contributed by atoms with Gasteiger partial charge in [-0.1, -0.05) is 6.07 Å². The van der Waals surface area contributed by atoms with Crippen LogP contribution in [0, 0.1) is 0 Å². The van der Waals surface area contributed by atoms with Gasteiger partial charge in [0.2, 0.25) is 0 Å². The molecule has 0 aliphatic rings. The van der Waals surface area contributed by atoms with Gasteiger partial charge in [0.25, 0.3) is 0 Å². The highest BCUT2D eigenvalue weighted by molar-refractivity contribution is 7.12. The van der Waals surface area contributed by atoms with E-state index in [1.54, 1.807) is 11.4 Å². The molecule has 2 N–H and O–H groups in total. The first-order valence-electron chi connectivity index (χ1n) is 4.89. The van der Waals surface area contributed by atoms with Crippen LogP contribution in [0.4, 0.5) is 13.2 Å². The van der Waals surface area contributed by atoms with Gasteiger partial charge in [0.15, 0.2) is 5.78 Å². The fraction of sp³-hybridized carbons (Fsp3) is 0.300. The van der Waals surface area contributed by atoms with Gasteiger partial charge >= 0.3 is 18.1 Å². The normalized spacial score (nSPS) is 12.8. The Kier molecular flexibility index (Phi) is 4.65. The lowest BCUT2D eigenvalue weighted by atomic mass is 10.1. The Morgan fingerprint density at radius 3 is 2.42 bits per heavy atom. The van der Waals surface area contributed by atoms with Gasteiger partial charge in [-0.25, -0.2) is 4.79 Å². The van der Waals surface area contributed by atoms with E-state index in [0.29, 0.717) is 0 Å². The van der Waals surface area contributed by atoms with Crippen molar-refractivity contribution in [3.63, 3.8) is 0 Å². The number of hydrogen-bond acceptors (Lipinski definition) is 4. The van der Waals surface area contributed by atoms with Gasteiger partial charge in [-0.15, -0.1) is 11.3 Å². The summed E-state index contributed by atoms with van der Waals surface area (Å²) in [7, 11) is 0. The van der Waals surface area contributed by atoms with E-state index in [-0.39, 0.29) is 4.88 Å². The summed E-state index contributed by atoms with van der Waals surface area (Å²) in [6.07, 6.45) is -5.93. The number of aliphatic carboxylic acids is 1. The van der Waals surface area contributed by atoms with E-state index in [1.165, 1.54) is 11.4 Å². The minimum Gasteiger partial charge on any atom is -0.480 e. The molecule has 0 aliphatic carbocycles. The number of halogens is 3. The molecule has 1 atom stereocenters. The minimum absolute atomic E-state index is 0.215. The lowest BCUT2D eigenvalue weighted by Crippen LogP contribution is -2.47. The van der Waals surface area contributed by atoms with Crippen molar-refractivity contribution in [2.45, 2.75) is 18.6 Å². The highest BCUT2D eigenvalue weighted by atomic mass is 32.1. The fourth-order valence-corrected chi connectivity index (χ4v) is 1.84. The summed E-state index contributed by atoms with van der Waals surface area (Å²) in [5.74, 6) is -4.74. The second-order valence-electron chi connectivity index (χ2n) is 3.47. The summed E-state index contributed by atoms with van der Waals surface area (Å²) in [5, 5.41) is 11.5. The molecule has 1 rings (SSSR count). The second-order valence-corrected chi connectivity index (χ2v) is 4.41. The number of carboxylic acid groups (broad SMARTS) is 1. The number of carbonyl (C=O) groups is 3. The average Bonchev–Trinajstić information content (AvgIpc) is 2.79. The lowest BCUT2D eigenvalue weighted by Gasteiger charge is -2.14. The molecule has 0 saturated carbocycles. The predicted octanol–water partition coefficient (Wildman–Crippen LogP) is 1.45. The lowest BCUT2D eigenvalue weighted by molar-refractivity contribution is -0.175. The maximum Gasteiger partial charge on any atom is 0.471 e. The number of thiophene rings is 1. The number of amides is 1.